The van der Waals surface area contributed by atoms with Crippen molar-refractivity contribution in [3.63, 3.8) is 0 Å². The van der Waals surface area contributed by atoms with Crippen molar-refractivity contribution in [2.45, 2.75) is 50.1 Å². The maximum Gasteiger partial charge on any atom is 0.434 e. The average molecular weight is 499 g/mol. The number of alkyl halides is 6. The van der Waals surface area contributed by atoms with Crippen LogP contribution in [0.2, 0.25) is 0 Å². The van der Waals surface area contributed by atoms with Gasteiger partial charge in [-0.25, -0.2) is 4.98 Å². The van der Waals surface area contributed by atoms with Gasteiger partial charge in [-0.05, 0) is 49.9 Å². The molecule has 0 atom stereocenters. The molecule has 1 fully saturated rings. The van der Waals surface area contributed by atoms with Gasteiger partial charge >= 0.3 is 12.4 Å². The highest BCUT2D eigenvalue weighted by Crippen LogP contribution is 2.30. The van der Waals surface area contributed by atoms with E-state index in [0.29, 0.717) is 31.5 Å². The Kier molecular flexibility index (Phi) is 6.82. The van der Waals surface area contributed by atoms with Crippen LogP contribution in [-0.4, -0.2) is 40.1 Å². The van der Waals surface area contributed by atoms with E-state index in [9.17, 15) is 31.1 Å². The van der Waals surface area contributed by atoms with Crippen LogP contribution in [0.5, 0.6) is 0 Å². The SMILES string of the molecule is O=C(NC1CCC(Nc2cccc3nc(C(F)(F)F)cn23)CC1)c1ccccc1NCC(F)(F)F. The predicted molar refractivity (Wildman–Crippen MR) is 118 cm³/mol. The number of imidazole rings is 1. The maximum atomic E-state index is 13.0. The van der Waals surface area contributed by atoms with E-state index in [-0.39, 0.29) is 29.0 Å². The number of carbonyl (C=O) groups is 1. The standard InChI is InChI=1S/C23H23F6N5O/c24-22(25,26)13-30-17-5-2-1-4-16(17)21(35)32-15-10-8-14(9-11-15)31-19-6-3-7-20-33-18(12-34(19)20)23(27,28)29/h1-7,12,14-15,30-31H,8-11,13H2,(H,32,35). The van der Waals surface area contributed by atoms with Crippen molar-refractivity contribution in [1.82, 2.24) is 14.7 Å². The Morgan fingerprint density at radius 3 is 2.31 bits per heavy atom. The van der Waals surface area contributed by atoms with Crippen LogP contribution >= 0.6 is 0 Å². The van der Waals surface area contributed by atoms with E-state index in [1.54, 1.807) is 24.3 Å². The Morgan fingerprint density at radius 2 is 1.63 bits per heavy atom. The average Bonchev–Trinajstić information content (AvgIpc) is 3.25. The van der Waals surface area contributed by atoms with Gasteiger partial charge < -0.3 is 16.0 Å². The molecule has 2 heterocycles. The van der Waals surface area contributed by atoms with Crippen LogP contribution in [0.25, 0.3) is 5.65 Å². The lowest BCUT2D eigenvalue weighted by Gasteiger charge is -2.30. The van der Waals surface area contributed by atoms with Crippen molar-refractivity contribution < 1.29 is 31.1 Å². The molecule has 0 saturated heterocycles. The molecule has 2 aromatic heterocycles. The molecule has 4 rings (SSSR count). The molecule has 3 aromatic rings. The Hall–Kier alpha value is -3.44. The van der Waals surface area contributed by atoms with E-state index in [4.69, 9.17) is 0 Å². The lowest BCUT2D eigenvalue weighted by Crippen LogP contribution is -2.40. The highest BCUT2D eigenvalue weighted by Gasteiger charge is 2.34. The first kappa shape index (κ1) is 24.7. The van der Waals surface area contributed by atoms with Crippen LogP contribution < -0.4 is 16.0 Å². The third-order valence-corrected chi connectivity index (χ3v) is 5.85. The van der Waals surface area contributed by atoms with Gasteiger partial charge in [0, 0.05) is 24.0 Å². The van der Waals surface area contributed by atoms with Crippen LogP contribution in [0.15, 0.2) is 48.7 Å². The van der Waals surface area contributed by atoms with Crippen molar-refractivity contribution in [2.75, 3.05) is 17.2 Å². The molecule has 188 valence electrons. The lowest BCUT2D eigenvalue weighted by molar-refractivity contribution is -0.140. The summed E-state index contributed by atoms with van der Waals surface area (Å²) < 4.78 is 78.1. The van der Waals surface area contributed by atoms with Gasteiger partial charge in [-0.2, -0.15) is 26.3 Å². The third-order valence-electron chi connectivity index (χ3n) is 5.85. The smallest absolute Gasteiger partial charge is 0.376 e. The number of aromatic nitrogens is 2. The number of halogens is 6. The number of nitrogens with zero attached hydrogens (tertiary/aromatic N) is 2. The van der Waals surface area contributed by atoms with Gasteiger partial charge in [0.25, 0.3) is 5.91 Å². The number of carbonyl (C=O) groups excluding carboxylic acids is 1. The Morgan fingerprint density at radius 1 is 0.943 bits per heavy atom. The Balaban J connectivity index is 1.35. The lowest BCUT2D eigenvalue weighted by atomic mass is 9.91. The summed E-state index contributed by atoms with van der Waals surface area (Å²) in [6.07, 6.45) is -5.49. The summed E-state index contributed by atoms with van der Waals surface area (Å²) in [4.78, 5) is 16.3. The molecule has 1 aliphatic rings. The van der Waals surface area contributed by atoms with Crippen LogP contribution in [0, 0.1) is 0 Å². The fourth-order valence-corrected chi connectivity index (χ4v) is 4.15. The second-order valence-corrected chi connectivity index (χ2v) is 8.44. The molecule has 6 nitrogen and oxygen atoms in total. The molecule has 1 saturated carbocycles. The molecule has 1 amide bonds. The molecule has 0 bridgehead atoms. The van der Waals surface area contributed by atoms with Gasteiger partial charge in [-0.3, -0.25) is 9.20 Å². The minimum Gasteiger partial charge on any atom is -0.376 e. The number of anilines is 2. The van der Waals surface area contributed by atoms with Crippen molar-refractivity contribution >= 4 is 23.1 Å². The summed E-state index contributed by atoms with van der Waals surface area (Å²) >= 11 is 0. The number of pyridine rings is 1. The molecule has 0 unspecified atom stereocenters. The maximum absolute atomic E-state index is 13.0. The summed E-state index contributed by atoms with van der Waals surface area (Å²) in [6, 6.07) is 10.6. The molecule has 0 radical (unpaired) electrons. The van der Waals surface area contributed by atoms with E-state index in [1.807, 2.05) is 0 Å². The van der Waals surface area contributed by atoms with Gasteiger partial charge in [0.05, 0.1) is 5.56 Å². The quantitative estimate of drug-likeness (QED) is 0.393. The molecule has 1 aromatic carbocycles. The van der Waals surface area contributed by atoms with Gasteiger partial charge in [0.1, 0.15) is 18.0 Å². The second-order valence-electron chi connectivity index (χ2n) is 8.44. The van der Waals surface area contributed by atoms with Gasteiger partial charge in [-0.1, -0.05) is 18.2 Å². The normalized spacial score (nSPS) is 18.9. The molecule has 0 aliphatic heterocycles. The zero-order valence-electron chi connectivity index (χ0n) is 18.4. The molecule has 12 heteroatoms. The van der Waals surface area contributed by atoms with E-state index < -0.39 is 30.5 Å². The molecule has 1 aliphatic carbocycles. The fourth-order valence-electron chi connectivity index (χ4n) is 4.15. The Bertz CT molecular complexity index is 1180. The molecule has 3 N–H and O–H groups in total. The number of amides is 1. The number of nitrogens with one attached hydrogen (secondary N) is 3. The van der Waals surface area contributed by atoms with Crippen molar-refractivity contribution in [3.8, 4) is 0 Å². The number of hydrogen-bond acceptors (Lipinski definition) is 4. The number of para-hydroxylation sites is 1. The first-order valence-corrected chi connectivity index (χ1v) is 11.0. The van der Waals surface area contributed by atoms with Gasteiger partial charge in [0.2, 0.25) is 0 Å². The number of benzene rings is 1. The minimum atomic E-state index is -4.54. The summed E-state index contributed by atoms with van der Waals surface area (Å²) in [5, 5.41) is 8.40. The monoisotopic (exact) mass is 499 g/mol. The van der Waals surface area contributed by atoms with Crippen LogP contribution in [0.1, 0.15) is 41.7 Å². The molecule has 0 spiro atoms. The summed E-state index contributed by atoms with van der Waals surface area (Å²) in [7, 11) is 0. The van der Waals surface area contributed by atoms with Crippen molar-refractivity contribution in [2.24, 2.45) is 0 Å². The number of rotatable bonds is 6. The Labute approximate surface area is 196 Å². The zero-order chi connectivity index (χ0) is 25.2. The minimum absolute atomic E-state index is 0.0220. The molecule has 35 heavy (non-hydrogen) atoms. The van der Waals surface area contributed by atoms with Gasteiger partial charge in [-0.15, -0.1) is 0 Å². The van der Waals surface area contributed by atoms with Crippen molar-refractivity contribution in [1.29, 1.82) is 0 Å². The summed E-state index contributed by atoms with van der Waals surface area (Å²) in [5.41, 5.74) is -0.558. The van der Waals surface area contributed by atoms with E-state index in [0.717, 1.165) is 6.20 Å². The van der Waals surface area contributed by atoms with Crippen LogP contribution in [0.4, 0.5) is 37.8 Å². The number of fused-ring (bicyclic) bond motifs is 1. The van der Waals surface area contributed by atoms with Crippen molar-refractivity contribution in [3.05, 3.63) is 59.9 Å². The molecular weight excluding hydrogens is 476 g/mol. The first-order valence-electron chi connectivity index (χ1n) is 11.0. The van der Waals surface area contributed by atoms with Gasteiger partial charge in [0.15, 0.2) is 5.69 Å². The van der Waals surface area contributed by atoms with Crippen LogP contribution in [-0.2, 0) is 6.18 Å². The topological polar surface area (TPSA) is 70.5 Å². The fraction of sp³-hybridized carbons (Fsp3) is 0.391. The molecular formula is C23H23F6N5O. The summed E-state index contributed by atoms with van der Waals surface area (Å²) in [6.45, 7) is -1.25. The van der Waals surface area contributed by atoms with E-state index >= 15 is 0 Å². The van der Waals surface area contributed by atoms with Crippen LogP contribution in [0.3, 0.4) is 0 Å². The first-order chi connectivity index (χ1) is 16.5. The highest BCUT2D eigenvalue weighted by atomic mass is 19.4. The van der Waals surface area contributed by atoms with E-state index in [2.05, 4.69) is 20.9 Å². The summed E-state index contributed by atoms with van der Waals surface area (Å²) in [5.74, 6) is 0.0252. The highest BCUT2D eigenvalue weighted by molar-refractivity contribution is 5.99. The second kappa shape index (κ2) is 9.67. The third kappa shape index (κ3) is 6.17. The zero-order valence-corrected chi connectivity index (χ0v) is 18.4. The largest absolute Gasteiger partial charge is 0.434 e. The predicted octanol–water partition coefficient (Wildman–Crippen LogP) is 5.48. The van der Waals surface area contributed by atoms with E-state index in [1.165, 1.54) is 22.6 Å². The number of hydrogen-bond donors (Lipinski definition) is 3.